The van der Waals surface area contributed by atoms with E-state index in [4.69, 9.17) is 5.90 Å². The molecule has 1 saturated carbocycles. The smallest absolute Gasteiger partial charge is 0.0790 e. The standard InChI is InChI=1S/C6H13NO/c1-4-3-6(4)5(2)8-7/h4-6H,3,7H2,1-2H3. The van der Waals surface area contributed by atoms with Crippen LogP contribution in [-0.4, -0.2) is 6.10 Å². The van der Waals surface area contributed by atoms with E-state index in [2.05, 4.69) is 11.8 Å². The van der Waals surface area contributed by atoms with Crippen molar-refractivity contribution in [2.75, 3.05) is 0 Å². The van der Waals surface area contributed by atoms with Crippen LogP contribution in [0.4, 0.5) is 0 Å². The maximum atomic E-state index is 4.98. The fraction of sp³-hybridized carbons (Fsp3) is 1.00. The third-order valence-electron chi connectivity index (χ3n) is 1.99. The van der Waals surface area contributed by atoms with Crippen molar-refractivity contribution in [1.29, 1.82) is 0 Å². The Morgan fingerprint density at radius 3 is 2.38 bits per heavy atom. The molecule has 0 aromatic heterocycles. The molecule has 2 nitrogen and oxygen atoms in total. The van der Waals surface area contributed by atoms with E-state index in [1.54, 1.807) is 0 Å². The minimum Gasteiger partial charge on any atom is -0.301 e. The van der Waals surface area contributed by atoms with Gasteiger partial charge in [-0.05, 0) is 25.2 Å². The van der Waals surface area contributed by atoms with E-state index >= 15 is 0 Å². The summed E-state index contributed by atoms with van der Waals surface area (Å²) in [6, 6.07) is 0. The molecule has 3 atom stereocenters. The van der Waals surface area contributed by atoms with Crippen molar-refractivity contribution in [3.05, 3.63) is 0 Å². The first-order valence-corrected chi connectivity index (χ1v) is 3.11. The number of rotatable bonds is 2. The van der Waals surface area contributed by atoms with Gasteiger partial charge in [-0.15, -0.1) is 0 Å². The molecule has 0 aliphatic heterocycles. The lowest BCUT2D eigenvalue weighted by atomic mass is 10.2. The van der Waals surface area contributed by atoms with Gasteiger partial charge in [0.1, 0.15) is 0 Å². The van der Waals surface area contributed by atoms with E-state index in [0.29, 0.717) is 0 Å². The van der Waals surface area contributed by atoms with Gasteiger partial charge in [0.05, 0.1) is 6.10 Å². The molecule has 0 aromatic rings. The van der Waals surface area contributed by atoms with Crippen molar-refractivity contribution in [3.63, 3.8) is 0 Å². The van der Waals surface area contributed by atoms with Crippen LogP contribution in [0.1, 0.15) is 20.3 Å². The highest BCUT2D eigenvalue weighted by Crippen LogP contribution is 2.40. The first kappa shape index (κ1) is 6.05. The molecule has 0 aromatic carbocycles. The summed E-state index contributed by atoms with van der Waals surface area (Å²) in [5.41, 5.74) is 0. The van der Waals surface area contributed by atoms with Gasteiger partial charge >= 0.3 is 0 Å². The second-order valence-electron chi connectivity index (χ2n) is 2.72. The number of hydrogen-bond donors (Lipinski definition) is 1. The van der Waals surface area contributed by atoms with Gasteiger partial charge in [0.25, 0.3) is 0 Å². The lowest BCUT2D eigenvalue weighted by Crippen LogP contribution is -2.15. The van der Waals surface area contributed by atoms with Crippen LogP contribution in [0.3, 0.4) is 0 Å². The third-order valence-corrected chi connectivity index (χ3v) is 1.99. The molecule has 0 amide bonds. The zero-order valence-electron chi connectivity index (χ0n) is 5.42. The predicted molar refractivity (Wildman–Crippen MR) is 32.0 cm³/mol. The molecule has 2 heteroatoms. The summed E-state index contributed by atoms with van der Waals surface area (Å²) in [5.74, 6) is 6.55. The van der Waals surface area contributed by atoms with Gasteiger partial charge in [0.15, 0.2) is 0 Å². The van der Waals surface area contributed by atoms with Crippen molar-refractivity contribution in [1.82, 2.24) is 0 Å². The normalized spacial score (nSPS) is 39.4. The van der Waals surface area contributed by atoms with Crippen LogP contribution >= 0.6 is 0 Å². The minimum absolute atomic E-state index is 0.269. The summed E-state index contributed by atoms with van der Waals surface area (Å²) >= 11 is 0. The van der Waals surface area contributed by atoms with Crippen molar-refractivity contribution in [2.24, 2.45) is 17.7 Å². The molecule has 1 aliphatic carbocycles. The predicted octanol–water partition coefficient (Wildman–Crippen LogP) is 0.921. The van der Waals surface area contributed by atoms with Gasteiger partial charge in [-0.3, -0.25) is 0 Å². The topological polar surface area (TPSA) is 35.2 Å². The SMILES string of the molecule is CC1CC1C(C)ON. The molecule has 1 rings (SSSR count). The Labute approximate surface area is 50.0 Å². The number of nitrogens with two attached hydrogens (primary N) is 1. The molecule has 2 N–H and O–H groups in total. The zero-order valence-corrected chi connectivity index (χ0v) is 5.42. The lowest BCUT2D eigenvalue weighted by Gasteiger charge is -2.04. The zero-order chi connectivity index (χ0) is 6.15. The Morgan fingerprint density at radius 2 is 2.25 bits per heavy atom. The van der Waals surface area contributed by atoms with Crippen molar-refractivity contribution < 1.29 is 4.84 Å². The molecule has 0 radical (unpaired) electrons. The molecule has 1 aliphatic rings. The molecule has 48 valence electrons. The second kappa shape index (κ2) is 2.03. The maximum Gasteiger partial charge on any atom is 0.0790 e. The molecular weight excluding hydrogens is 102 g/mol. The quantitative estimate of drug-likeness (QED) is 0.543. The summed E-state index contributed by atoms with van der Waals surface area (Å²) in [7, 11) is 0. The van der Waals surface area contributed by atoms with Gasteiger partial charge in [-0.25, -0.2) is 5.90 Å². The Morgan fingerprint density at radius 1 is 1.75 bits per heavy atom. The monoisotopic (exact) mass is 115 g/mol. The Balaban J connectivity index is 2.18. The van der Waals surface area contributed by atoms with E-state index in [9.17, 15) is 0 Å². The summed E-state index contributed by atoms with van der Waals surface area (Å²) in [4.78, 5) is 4.64. The first-order valence-electron chi connectivity index (χ1n) is 3.11. The van der Waals surface area contributed by atoms with E-state index in [0.717, 1.165) is 11.8 Å². The van der Waals surface area contributed by atoms with Gasteiger partial charge in [-0.2, -0.15) is 0 Å². The first-order chi connectivity index (χ1) is 3.75. The van der Waals surface area contributed by atoms with Crippen molar-refractivity contribution in [3.8, 4) is 0 Å². The van der Waals surface area contributed by atoms with Crippen LogP contribution in [-0.2, 0) is 4.84 Å². The Bertz CT molecular complexity index is 82.6. The van der Waals surface area contributed by atoms with E-state index < -0.39 is 0 Å². The summed E-state index contributed by atoms with van der Waals surface area (Å²) in [6.45, 7) is 4.24. The highest BCUT2D eigenvalue weighted by atomic mass is 16.6. The Hall–Kier alpha value is -0.0800. The largest absolute Gasteiger partial charge is 0.301 e. The molecule has 0 saturated heterocycles. The molecule has 0 heterocycles. The highest BCUT2D eigenvalue weighted by Gasteiger charge is 2.37. The van der Waals surface area contributed by atoms with Crippen LogP contribution < -0.4 is 5.90 Å². The third kappa shape index (κ3) is 1.01. The van der Waals surface area contributed by atoms with E-state index in [1.165, 1.54) is 6.42 Å². The molecule has 8 heavy (non-hydrogen) atoms. The lowest BCUT2D eigenvalue weighted by molar-refractivity contribution is 0.0482. The van der Waals surface area contributed by atoms with Gasteiger partial charge in [0, 0.05) is 0 Å². The highest BCUT2D eigenvalue weighted by molar-refractivity contribution is 4.86. The average Bonchev–Trinajstić information content (AvgIpc) is 2.45. The summed E-state index contributed by atoms with van der Waals surface area (Å²) < 4.78 is 0. The van der Waals surface area contributed by atoms with E-state index in [1.807, 2.05) is 6.92 Å². The van der Waals surface area contributed by atoms with Crippen LogP contribution in [0.25, 0.3) is 0 Å². The average molecular weight is 115 g/mol. The Kier molecular flexibility index (Phi) is 1.54. The fourth-order valence-corrected chi connectivity index (χ4v) is 1.11. The minimum atomic E-state index is 0.269. The molecule has 3 unspecified atom stereocenters. The summed E-state index contributed by atoms with van der Waals surface area (Å²) in [6.07, 6.45) is 1.56. The van der Waals surface area contributed by atoms with Crippen molar-refractivity contribution in [2.45, 2.75) is 26.4 Å². The van der Waals surface area contributed by atoms with Gasteiger partial charge in [0.2, 0.25) is 0 Å². The van der Waals surface area contributed by atoms with Crippen LogP contribution in [0, 0.1) is 11.8 Å². The fourth-order valence-electron chi connectivity index (χ4n) is 1.11. The van der Waals surface area contributed by atoms with Crippen LogP contribution in [0.5, 0.6) is 0 Å². The van der Waals surface area contributed by atoms with Gasteiger partial charge < -0.3 is 4.84 Å². The number of hydrogen-bond acceptors (Lipinski definition) is 2. The second-order valence-corrected chi connectivity index (χ2v) is 2.72. The van der Waals surface area contributed by atoms with E-state index in [-0.39, 0.29) is 6.10 Å². The van der Waals surface area contributed by atoms with Gasteiger partial charge in [-0.1, -0.05) is 6.92 Å². The molecule has 1 fully saturated rings. The maximum absolute atomic E-state index is 4.98. The molecular formula is C6H13NO. The van der Waals surface area contributed by atoms with Crippen molar-refractivity contribution >= 4 is 0 Å². The van der Waals surface area contributed by atoms with Crippen LogP contribution in [0.2, 0.25) is 0 Å². The summed E-state index contributed by atoms with van der Waals surface area (Å²) in [5, 5.41) is 0. The molecule has 0 bridgehead atoms. The molecule has 0 spiro atoms. The van der Waals surface area contributed by atoms with Crippen LogP contribution in [0.15, 0.2) is 0 Å².